The third-order valence-corrected chi connectivity index (χ3v) is 4.57. The van der Waals surface area contributed by atoms with Crippen molar-refractivity contribution >= 4 is 11.9 Å². The summed E-state index contributed by atoms with van der Waals surface area (Å²) in [7, 11) is 0. The van der Waals surface area contributed by atoms with Crippen LogP contribution in [0.15, 0.2) is 11.6 Å². The first kappa shape index (κ1) is 13.6. The van der Waals surface area contributed by atoms with E-state index in [2.05, 4.69) is 0 Å². The molecule has 5 nitrogen and oxygen atoms in total. The highest BCUT2D eigenvalue weighted by Crippen LogP contribution is 2.43. The normalized spacial score (nSPS) is 36.2. The van der Waals surface area contributed by atoms with Crippen LogP contribution in [0.3, 0.4) is 0 Å². The number of fused-ring (bicyclic) bond motifs is 2. The quantitative estimate of drug-likeness (QED) is 0.786. The van der Waals surface area contributed by atoms with Crippen molar-refractivity contribution in [2.45, 2.75) is 38.2 Å². The van der Waals surface area contributed by atoms with Crippen molar-refractivity contribution < 1.29 is 24.2 Å². The molecule has 2 aliphatic carbocycles. The average molecular weight is 280 g/mol. The number of hydrogen-bond donors (Lipinski definition) is 1. The first-order valence-corrected chi connectivity index (χ1v) is 7.31. The Morgan fingerprint density at radius 2 is 1.95 bits per heavy atom. The Morgan fingerprint density at radius 1 is 1.25 bits per heavy atom. The summed E-state index contributed by atoms with van der Waals surface area (Å²) in [6.07, 6.45) is 5.60. The van der Waals surface area contributed by atoms with E-state index < -0.39 is 0 Å². The number of rotatable bonds is 3. The molecule has 0 radical (unpaired) electrons. The third kappa shape index (κ3) is 3.03. The predicted molar refractivity (Wildman–Crippen MR) is 69.6 cm³/mol. The molecule has 1 heterocycles. The second-order valence-corrected chi connectivity index (χ2v) is 6.28. The molecule has 2 fully saturated rings. The van der Waals surface area contributed by atoms with Crippen molar-refractivity contribution in [1.82, 2.24) is 0 Å². The zero-order valence-electron chi connectivity index (χ0n) is 11.4. The minimum atomic E-state index is -0.364. The standard InChI is InChI=1S/C15H20O5/c16-13-4-9-1-10(5-13)3-12(2-9)15(18)20-8-11-6-14(17)19-7-11/h6,9-10,12-13,16H,1-5,7-8H2/t9-,10+,12?,13?. The van der Waals surface area contributed by atoms with E-state index in [1.54, 1.807) is 0 Å². The van der Waals surface area contributed by atoms with Gasteiger partial charge >= 0.3 is 11.9 Å². The van der Waals surface area contributed by atoms with E-state index in [9.17, 15) is 14.7 Å². The van der Waals surface area contributed by atoms with Gasteiger partial charge in [-0.2, -0.15) is 0 Å². The van der Waals surface area contributed by atoms with Crippen molar-refractivity contribution in [2.75, 3.05) is 13.2 Å². The molecule has 0 aromatic heterocycles. The first-order chi connectivity index (χ1) is 9.60. The summed E-state index contributed by atoms with van der Waals surface area (Å²) >= 11 is 0. The van der Waals surface area contributed by atoms with Crippen LogP contribution in [0.4, 0.5) is 0 Å². The van der Waals surface area contributed by atoms with Crippen molar-refractivity contribution in [2.24, 2.45) is 17.8 Å². The number of aliphatic hydroxyl groups is 1. The minimum Gasteiger partial charge on any atom is -0.461 e. The molecule has 3 rings (SSSR count). The van der Waals surface area contributed by atoms with Crippen LogP contribution in [0, 0.1) is 17.8 Å². The second kappa shape index (κ2) is 5.56. The molecule has 110 valence electrons. The van der Waals surface area contributed by atoms with Crippen LogP contribution in [-0.4, -0.2) is 36.4 Å². The molecule has 0 aromatic rings. The molecule has 3 aliphatic rings. The second-order valence-electron chi connectivity index (χ2n) is 6.28. The highest BCUT2D eigenvalue weighted by molar-refractivity contribution is 5.85. The van der Waals surface area contributed by atoms with Gasteiger partial charge in [0, 0.05) is 11.6 Å². The Hall–Kier alpha value is -1.36. The summed E-state index contributed by atoms with van der Waals surface area (Å²) < 4.78 is 10.1. The highest BCUT2D eigenvalue weighted by atomic mass is 16.5. The van der Waals surface area contributed by atoms with E-state index in [0.717, 1.165) is 37.7 Å². The largest absolute Gasteiger partial charge is 0.461 e. The molecule has 2 saturated carbocycles. The number of aliphatic hydroxyl groups excluding tert-OH is 1. The molecule has 1 N–H and O–H groups in total. The van der Waals surface area contributed by atoms with Crippen molar-refractivity contribution in [1.29, 1.82) is 0 Å². The van der Waals surface area contributed by atoms with Crippen LogP contribution in [0.2, 0.25) is 0 Å². The van der Waals surface area contributed by atoms with Crippen LogP contribution in [-0.2, 0) is 19.1 Å². The van der Waals surface area contributed by atoms with Gasteiger partial charge in [-0.25, -0.2) is 4.79 Å². The number of esters is 2. The molecule has 0 aromatic carbocycles. The van der Waals surface area contributed by atoms with E-state index in [1.807, 2.05) is 0 Å². The van der Waals surface area contributed by atoms with Gasteiger partial charge in [-0.1, -0.05) is 0 Å². The van der Waals surface area contributed by atoms with E-state index in [4.69, 9.17) is 9.47 Å². The lowest BCUT2D eigenvalue weighted by Crippen LogP contribution is -2.36. The Bertz CT molecular complexity index is 424. The zero-order valence-corrected chi connectivity index (χ0v) is 11.4. The van der Waals surface area contributed by atoms with Crippen LogP contribution in [0.25, 0.3) is 0 Å². The molecule has 0 spiro atoms. The summed E-state index contributed by atoms with van der Waals surface area (Å²) in [5, 5.41) is 9.74. The fraction of sp³-hybridized carbons (Fsp3) is 0.733. The zero-order chi connectivity index (χ0) is 14.1. The monoisotopic (exact) mass is 280 g/mol. The number of hydrogen-bond acceptors (Lipinski definition) is 5. The van der Waals surface area contributed by atoms with Gasteiger partial charge in [0.05, 0.1) is 12.0 Å². The molecular formula is C15H20O5. The van der Waals surface area contributed by atoms with Crippen molar-refractivity contribution in [3.8, 4) is 0 Å². The molecule has 2 unspecified atom stereocenters. The summed E-state index contributed by atoms with van der Waals surface area (Å²) in [5.74, 6) is 0.315. The SMILES string of the molecule is O=C1C=C(COC(=O)C2C[C@H]3CC(O)C[C@@H](C2)C3)CO1. The summed E-state index contributed by atoms with van der Waals surface area (Å²) in [5.41, 5.74) is 0.717. The van der Waals surface area contributed by atoms with Crippen molar-refractivity contribution in [3.05, 3.63) is 11.6 Å². The maximum absolute atomic E-state index is 12.1. The van der Waals surface area contributed by atoms with Crippen LogP contribution in [0.1, 0.15) is 32.1 Å². The predicted octanol–water partition coefficient (Wildman–Crippen LogP) is 1.20. The van der Waals surface area contributed by atoms with Gasteiger partial charge in [0.1, 0.15) is 13.2 Å². The maximum atomic E-state index is 12.1. The average Bonchev–Trinajstić information content (AvgIpc) is 2.80. The number of cyclic esters (lactones) is 1. The van der Waals surface area contributed by atoms with Gasteiger partial charge in [-0.15, -0.1) is 0 Å². The Morgan fingerprint density at radius 3 is 2.55 bits per heavy atom. The minimum absolute atomic E-state index is 0.0510. The molecule has 4 atom stereocenters. The van der Waals surface area contributed by atoms with Gasteiger partial charge < -0.3 is 14.6 Å². The molecule has 2 bridgehead atoms. The molecule has 1 aliphatic heterocycles. The molecule has 5 heteroatoms. The highest BCUT2D eigenvalue weighted by Gasteiger charge is 2.38. The smallest absolute Gasteiger partial charge is 0.331 e. The molecular weight excluding hydrogens is 260 g/mol. The maximum Gasteiger partial charge on any atom is 0.331 e. The van der Waals surface area contributed by atoms with Crippen LogP contribution in [0.5, 0.6) is 0 Å². The van der Waals surface area contributed by atoms with Gasteiger partial charge in [0.25, 0.3) is 0 Å². The lowest BCUT2D eigenvalue weighted by molar-refractivity contribution is -0.151. The van der Waals surface area contributed by atoms with E-state index in [1.165, 1.54) is 6.08 Å². The van der Waals surface area contributed by atoms with Gasteiger partial charge in [0.15, 0.2) is 0 Å². The molecule has 20 heavy (non-hydrogen) atoms. The Balaban J connectivity index is 1.50. The van der Waals surface area contributed by atoms with Gasteiger partial charge in [-0.05, 0) is 43.9 Å². The number of carbonyl (C=O) groups is 2. The fourth-order valence-electron chi connectivity index (χ4n) is 3.79. The number of carbonyl (C=O) groups excluding carboxylic acids is 2. The third-order valence-electron chi connectivity index (χ3n) is 4.57. The van der Waals surface area contributed by atoms with Crippen molar-refractivity contribution in [3.63, 3.8) is 0 Å². The van der Waals surface area contributed by atoms with E-state index in [0.29, 0.717) is 11.8 Å². The summed E-state index contributed by atoms with van der Waals surface area (Å²) in [6.45, 7) is 0.382. The Kier molecular flexibility index (Phi) is 3.78. The van der Waals surface area contributed by atoms with Crippen LogP contribution >= 0.6 is 0 Å². The summed E-state index contributed by atoms with van der Waals surface area (Å²) in [6, 6.07) is 0. The van der Waals surface area contributed by atoms with E-state index in [-0.39, 0.29) is 37.2 Å². The van der Waals surface area contributed by atoms with Gasteiger partial charge in [0.2, 0.25) is 0 Å². The first-order valence-electron chi connectivity index (χ1n) is 7.31. The van der Waals surface area contributed by atoms with Gasteiger partial charge in [-0.3, -0.25) is 4.79 Å². The van der Waals surface area contributed by atoms with E-state index >= 15 is 0 Å². The van der Waals surface area contributed by atoms with Crippen LogP contribution < -0.4 is 0 Å². The Labute approximate surface area is 117 Å². The molecule has 0 amide bonds. The summed E-state index contributed by atoms with van der Waals surface area (Å²) in [4.78, 5) is 23.0. The molecule has 0 saturated heterocycles. The topological polar surface area (TPSA) is 72.8 Å². The number of ether oxygens (including phenoxy) is 2. The fourth-order valence-corrected chi connectivity index (χ4v) is 3.79. The lowest BCUT2D eigenvalue weighted by Gasteiger charge is -2.40. The lowest BCUT2D eigenvalue weighted by atomic mass is 9.67.